The fourth-order valence-electron chi connectivity index (χ4n) is 2.85. The number of amides is 1. The second kappa shape index (κ2) is 5.17. The van der Waals surface area contributed by atoms with Crippen LogP contribution < -0.4 is 0 Å². The molecule has 104 valence electrons. The molecule has 0 aromatic rings. The van der Waals surface area contributed by atoms with Gasteiger partial charge < -0.3 is 14.4 Å². The minimum atomic E-state index is -0.891. The Morgan fingerprint density at radius 3 is 2.68 bits per heavy atom. The molecule has 0 spiro atoms. The monoisotopic (exact) mass is 266 g/mol. The van der Waals surface area contributed by atoms with Gasteiger partial charge in [-0.1, -0.05) is 6.92 Å². The van der Waals surface area contributed by atoms with Gasteiger partial charge in [-0.05, 0) is 18.8 Å². The molecule has 6 heteroatoms. The van der Waals surface area contributed by atoms with Gasteiger partial charge in [0.05, 0.1) is 26.3 Å². The Morgan fingerprint density at radius 2 is 2.16 bits per heavy atom. The normalized spacial score (nSPS) is 34.1. The van der Waals surface area contributed by atoms with Crippen LogP contribution in [0.4, 0.5) is 0 Å². The van der Waals surface area contributed by atoms with Crippen molar-refractivity contribution >= 4 is 11.9 Å². The van der Waals surface area contributed by atoms with Gasteiger partial charge in [-0.15, -0.1) is 0 Å². The van der Waals surface area contributed by atoms with Crippen molar-refractivity contribution in [2.24, 2.45) is 11.3 Å². The van der Waals surface area contributed by atoms with Gasteiger partial charge in [0.25, 0.3) is 0 Å². The number of carbonyl (C=O) groups is 2. The molecule has 0 radical (unpaired) electrons. The first-order chi connectivity index (χ1) is 9.02. The summed E-state index contributed by atoms with van der Waals surface area (Å²) in [7, 11) is 1.29. The lowest BCUT2D eigenvalue weighted by Crippen LogP contribution is -2.56. The van der Waals surface area contributed by atoms with Crippen LogP contribution in [-0.2, 0) is 19.1 Å². The third-order valence-corrected chi connectivity index (χ3v) is 3.83. The number of nitriles is 1. The van der Waals surface area contributed by atoms with Crippen LogP contribution in [-0.4, -0.2) is 49.7 Å². The van der Waals surface area contributed by atoms with Gasteiger partial charge >= 0.3 is 5.97 Å². The van der Waals surface area contributed by atoms with Crippen molar-refractivity contribution in [3.05, 3.63) is 0 Å². The molecule has 2 rings (SSSR count). The van der Waals surface area contributed by atoms with Gasteiger partial charge in [0, 0.05) is 6.54 Å². The Hall–Kier alpha value is -1.61. The second-order valence-electron chi connectivity index (χ2n) is 5.34. The van der Waals surface area contributed by atoms with E-state index in [-0.39, 0.29) is 12.5 Å². The van der Waals surface area contributed by atoms with E-state index in [2.05, 4.69) is 10.8 Å². The number of rotatable bonds is 2. The molecule has 1 amide bonds. The van der Waals surface area contributed by atoms with Crippen LogP contribution in [0.5, 0.6) is 0 Å². The number of nitrogens with zero attached hydrogens (tertiary/aromatic N) is 2. The lowest BCUT2D eigenvalue weighted by molar-refractivity contribution is -0.166. The summed E-state index contributed by atoms with van der Waals surface area (Å²) < 4.78 is 9.90. The van der Waals surface area contributed by atoms with Crippen molar-refractivity contribution in [2.45, 2.75) is 25.9 Å². The van der Waals surface area contributed by atoms with Crippen molar-refractivity contribution in [1.82, 2.24) is 4.90 Å². The third kappa shape index (κ3) is 2.43. The number of methoxy groups -OCH3 is 1. The molecule has 2 fully saturated rings. The molecular formula is C13H18N2O4. The minimum Gasteiger partial charge on any atom is -0.467 e. The summed E-state index contributed by atoms with van der Waals surface area (Å²) >= 11 is 0. The highest BCUT2D eigenvalue weighted by Gasteiger charge is 2.51. The first kappa shape index (κ1) is 13.8. The van der Waals surface area contributed by atoms with Crippen molar-refractivity contribution in [3.63, 3.8) is 0 Å². The summed E-state index contributed by atoms with van der Waals surface area (Å²) in [5.41, 5.74) is -0.891. The standard InChI is InChI=1S/C13H18N2O4/c1-9-5-13(6-9,8-14)12(17)15-3-4-19-10(7-15)11(16)18-2/h9-10H,3-7H2,1-2H3. The van der Waals surface area contributed by atoms with Gasteiger partial charge in [0.15, 0.2) is 6.10 Å². The van der Waals surface area contributed by atoms with Gasteiger partial charge in [0.1, 0.15) is 5.41 Å². The maximum absolute atomic E-state index is 12.4. The Labute approximate surface area is 112 Å². The average Bonchev–Trinajstić information content (AvgIpc) is 2.42. The van der Waals surface area contributed by atoms with Gasteiger partial charge in [-0.25, -0.2) is 4.79 Å². The zero-order valence-corrected chi connectivity index (χ0v) is 11.2. The van der Waals surface area contributed by atoms with E-state index >= 15 is 0 Å². The maximum Gasteiger partial charge on any atom is 0.336 e. The number of hydrogen-bond acceptors (Lipinski definition) is 5. The fraction of sp³-hybridized carbons (Fsp3) is 0.769. The predicted octanol–water partition coefficient (Wildman–Crippen LogP) is 0.327. The van der Waals surface area contributed by atoms with E-state index in [0.29, 0.717) is 31.9 Å². The van der Waals surface area contributed by atoms with E-state index < -0.39 is 17.5 Å². The summed E-state index contributed by atoms with van der Waals surface area (Å²) in [5, 5.41) is 9.26. The van der Waals surface area contributed by atoms with Crippen molar-refractivity contribution in [2.75, 3.05) is 26.8 Å². The molecule has 19 heavy (non-hydrogen) atoms. The summed E-state index contributed by atoms with van der Waals surface area (Å²) in [6.07, 6.45) is 0.460. The molecule has 0 bridgehead atoms. The Morgan fingerprint density at radius 1 is 1.47 bits per heavy atom. The molecule has 1 aliphatic carbocycles. The summed E-state index contributed by atoms with van der Waals surface area (Å²) in [5.74, 6) is -0.253. The fourth-order valence-corrected chi connectivity index (χ4v) is 2.85. The van der Waals surface area contributed by atoms with E-state index in [1.54, 1.807) is 4.90 Å². The molecule has 6 nitrogen and oxygen atoms in total. The molecule has 1 atom stereocenters. The first-order valence-electron chi connectivity index (χ1n) is 6.42. The Bertz CT molecular complexity index is 423. The zero-order valence-electron chi connectivity index (χ0n) is 11.2. The van der Waals surface area contributed by atoms with E-state index in [1.807, 2.05) is 6.92 Å². The predicted molar refractivity (Wildman–Crippen MR) is 64.8 cm³/mol. The highest BCUT2D eigenvalue weighted by molar-refractivity contribution is 5.87. The van der Waals surface area contributed by atoms with Crippen LogP contribution in [0, 0.1) is 22.7 Å². The summed E-state index contributed by atoms with van der Waals surface area (Å²) in [4.78, 5) is 25.4. The van der Waals surface area contributed by atoms with E-state index in [1.165, 1.54) is 7.11 Å². The van der Waals surface area contributed by atoms with Crippen LogP contribution >= 0.6 is 0 Å². The lowest BCUT2D eigenvalue weighted by Gasteiger charge is -2.43. The van der Waals surface area contributed by atoms with Gasteiger partial charge in [-0.3, -0.25) is 4.79 Å². The molecule has 2 aliphatic rings. The molecule has 1 heterocycles. The second-order valence-corrected chi connectivity index (χ2v) is 5.34. The van der Waals surface area contributed by atoms with Crippen molar-refractivity contribution in [1.29, 1.82) is 5.26 Å². The van der Waals surface area contributed by atoms with Crippen molar-refractivity contribution in [3.8, 4) is 6.07 Å². The lowest BCUT2D eigenvalue weighted by atomic mass is 9.62. The Balaban J connectivity index is 2.04. The SMILES string of the molecule is COC(=O)C1CN(C(=O)C2(C#N)CC(C)C2)CCO1. The molecule has 1 aliphatic heterocycles. The largest absolute Gasteiger partial charge is 0.467 e. The van der Waals surface area contributed by atoms with Crippen LogP contribution in [0.15, 0.2) is 0 Å². The average molecular weight is 266 g/mol. The van der Waals surface area contributed by atoms with Crippen LogP contribution in [0.3, 0.4) is 0 Å². The van der Waals surface area contributed by atoms with Crippen LogP contribution in [0.2, 0.25) is 0 Å². The van der Waals surface area contributed by atoms with E-state index in [4.69, 9.17) is 4.74 Å². The first-order valence-corrected chi connectivity index (χ1v) is 6.42. The van der Waals surface area contributed by atoms with Crippen LogP contribution in [0.25, 0.3) is 0 Å². The summed E-state index contributed by atoms with van der Waals surface area (Å²) in [6, 6.07) is 2.15. The number of hydrogen-bond donors (Lipinski definition) is 0. The maximum atomic E-state index is 12.4. The smallest absolute Gasteiger partial charge is 0.336 e. The summed E-state index contributed by atoms with van der Waals surface area (Å²) in [6.45, 7) is 2.91. The van der Waals surface area contributed by atoms with Crippen LogP contribution in [0.1, 0.15) is 19.8 Å². The molecule has 0 aromatic carbocycles. The molecule has 1 unspecified atom stereocenters. The van der Waals surface area contributed by atoms with Gasteiger partial charge in [-0.2, -0.15) is 5.26 Å². The highest BCUT2D eigenvalue weighted by atomic mass is 16.6. The molecule has 1 saturated carbocycles. The zero-order chi connectivity index (χ0) is 14.0. The minimum absolute atomic E-state index is 0.170. The van der Waals surface area contributed by atoms with E-state index in [0.717, 1.165) is 0 Å². The number of morpholine rings is 1. The highest BCUT2D eigenvalue weighted by Crippen LogP contribution is 2.46. The molecule has 0 N–H and O–H groups in total. The van der Waals surface area contributed by atoms with E-state index in [9.17, 15) is 14.9 Å². The number of carbonyl (C=O) groups excluding carboxylic acids is 2. The number of esters is 1. The molecular weight excluding hydrogens is 248 g/mol. The van der Waals surface area contributed by atoms with Gasteiger partial charge in [0.2, 0.25) is 5.91 Å². The topological polar surface area (TPSA) is 79.6 Å². The van der Waals surface area contributed by atoms with Crippen molar-refractivity contribution < 1.29 is 19.1 Å². The number of ether oxygens (including phenoxy) is 2. The molecule has 0 aromatic heterocycles. The third-order valence-electron chi connectivity index (χ3n) is 3.83. The quantitative estimate of drug-likeness (QED) is 0.673. The molecule has 1 saturated heterocycles. The Kier molecular flexibility index (Phi) is 3.76.